The Kier molecular flexibility index (Phi) is 5.80. The number of aromatic nitrogens is 3. The summed E-state index contributed by atoms with van der Waals surface area (Å²) in [7, 11) is 0. The van der Waals surface area contributed by atoms with Crippen LogP contribution in [-0.2, 0) is 17.4 Å². The first-order valence-corrected chi connectivity index (χ1v) is 9.73. The van der Waals surface area contributed by atoms with Gasteiger partial charge in [0.1, 0.15) is 23.2 Å². The Labute approximate surface area is 181 Å². The van der Waals surface area contributed by atoms with E-state index in [2.05, 4.69) is 25.7 Å². The van der Waals surface area contributed by atoms with E-state index in [4.69, 9.17) is 4.74 Å². The number of nitrogens with zero attached hydrogens (tertiary/aromatic N) is 4. The number of ether oxygens (including phenoxy) is 1. The van der Waals surface area contributed by atoms with E-state index in [1.165, 1.54) is 11.2 Å². The zero-order valence-electron chi connectivity index (χ0n) is 16.9. The Bertz CT molecular complexity index is 1110. The van der Waals surface area contributed by atoms with Crippen molar-refractivity contribution in [1.29, 1.82) is 0 Å². The van der Waals surface area contributed by atoms with Crippen molar-refractivity contribution < 1.29 is 22.7 Å². The van der Waals surface area contributed by atoms with Gasteiger partial charge in [0, 0.05) is 12.4 Å². The molecule has 0 fully saturated rings. The molecule has 0 bridgehead atoms. The topological polar surface area (TPSA) is 92.3 Å². The first-order chi connectivity index (χ1) is 15.3. The fourth-order valence-corrected chi connectivity index (χ4v) is 3.19. The second-order valence-corrected chi connectivity index (χ2v) is 7.10. The lowest BCUT2D eigenvalue weighted by Crippen LogP contribution is -2.34. The summed E-state index contributed by atoms with van der Waals surface area (Å²) < 4.78 is 46.0. The molecule has 0 aliphatic carbocycles. The minimum atomic E-state index is -4.66. The average molecular weight is 444 g/mol. The Morgan fingerprint density at radius 2 is 2.00 bits per heavy atom. The summed E-state index contributed by atoms with van der Waals surface area (Å²) in [5.74, 6) is -0.334. The number of amides is 1. The number of nitrogens with one attached hydrogen (secondary N) is 2. The fourth-order valence-electron chi connectivity index (χ4n) is 3.19. The fraction of sp³-hybridized carbons (Fsp3) is 0.238. The molecule has 1 unspecified atom stereocenters. The number of hydrogen-bond donors (Lipinski definition) is 2. The van der Waals surface area contributed by atoms with Gasteiger partial charge in [-0.15, -0.1) is 0 Å². The summed E-state index contributed by atoms with van der Waals surface area (Å²) in [5.41, 5.74) is 3.09. The third kappa shape index (κ3) is 4.71. The molecule has 166 valence electrons. The van der Waals surface area contributed by atoms with Crippen LogP contribution in [0.25, 0.3) is 0 Å². The van der Waals surface area contributed by atoms with E-state index in [0.29, 0.717) is 17.6 Å². The maximum atomic E-state index is 13.5. The molecule has 4 rings (SSSR count). The summed E-state index contributed by atoms with van der Waals surface area (Å²) in [6.07, 6.45) is -1.18. The van der Waals surface area contributed by atoms with Gasteiger partial charge >= 0.3 is 6.18 Å². The third-order valence-electron chi connectivity index (χ3n) is 4.66. The second kappa shape index (κ2) is 8.69. The maximum absolute atomic E-state index is 13.5. The van der Waals surface area contributed by atoms with E-state index in [9.17, 15) is 18.0 Å². The van der Waals surface area contributed by atoms with Crippen LogP contribution in [0.5, 0.6) is 5.75 Å². The quantitative estimate of drug-likeness (QED) is 0.574. The molecule has 1 amide bonds. The van der Waals surface area contributed by atoms with Crippen molar-refractivity contribution in [2.75, 3.05) is 22.3 Å². The van der Waals surface area contributed by atoms with Crippen LogP contribution in [-0.4, -0.2) is 33.5 Å². The van der Waals surface area contributed by atoms with Gasteiger partial charge in [-0.3, -0.25) is 15.2 Å². The van der Waals surface area contributed by atoms with Crippen molar-refractivity contribution in [2.45, 2.75) is 25.6 Å². The van der Waals surface area contributed by atoms with Gasteiger partial charge in [0.2, 0.25) is 11.9 Å². The van der Waals surface area contributed by atoms with Gasteiger partial charge in [-0.2, -0.15) is 18.2 Å². The van der Waals surface area contributed by atoms with Crippen LogP contribution in [0.1, 0.15) is 18.1 Å². The van der Waals surface area contributed by atoms with Crippen molar-refractivity contribution >= 4 is 23.4 Å². The number of anilines is 3. The number of benzene rings is 1. The van der Waals surface area contributed by atoms with Crippen molar-refractivity contribution in [3.63, 3.8) is 0 Å². The normalized spacial score (nSPS) is 14.1. The number of hydrazine groups is 1. The van der Waals surface area contributed by atoms with Crippen LogP contribution in [0.4, 0.5) is 30.6 Å². The van der Waals surface area contributed by atoms with Crippen LogP contribution in [0.2, 0.25) is 0 Å². The molecule has 0 spiro atoms. The van der Waals surface area contributed by atoms with Crippen molar-refractivity contribution in [3.05, 3.63) is 66.1 Å². The lowest BCUT2D eigenvalue weighted by molar-refractivity contribution is -0.137. The highest BCUT2D eigenvalue weighted by atomic mass is 19.4. The second-order valence-electron chi connectivity index (χ2n) is 7.10. The summed E-state index contributed by atoms with van der Waals surface area (Å²) in [6.45, 7) is 1.74. The first-order valence-electron chi connectivity index (χ1n) is 9.73. The third-order valence-corrected chi connectivity index (χ3v) is 4.66. The van der Waals surface area contributed by atoms with Gasteiger partial charge in [-0.25, -0.2) is 9.99 Å². The van der Waals surface area contributed by atoms with Crippen LogP contribution in [0.15, 0.2) is 55.0 Å². The van der Waals surface area contributed by atoms with E-state index in [-0.39, 0.29) is 24.8 Å². The minimum absolute atomic E-state index is 0.0416. The Hall–Kier alpha value is -3.89. The highest BCUT2D eigenvalue weighted by molar-refractivity contribution is 6.02. The van der Waals surface area contributed by atoms with Crippen LogP contribution < -0.4 is 20.5 Å². The molecule has 3 heterocycles. The highest BCUT2D eigenvalue weighted by Gasteiger charge is 2.36. The molecule has 1 aliphatic rings. The predicted octanol–water partition coefficient (Wildman–Crippen LogP) is 3.69. The van der Waals surface area contributed by atoms with E-state index < -0.39 is 23.7 Å². The largest absolute Gasteiger partial charge is 0.487 e. The Morgan fingerprint density at radius 1 is 1.19 bits per heavy atom. The molecule has 0 saturated carbocycles. The summed E-state index contributed by atoms with van der Waals surface area (Å²) >= 11 is 0. The number of hydrogen-bond acceptors (Lipinski definition) is 7. The summed E-state index contributed by atoms with van der Waals surface area (Å²) in [5, 5.41) is 3.91. The highest BCUT2D eigenvalue weighted by Crippen LogP contribution is 2.34. The lowest BCUT2D eigenvalue weighted by Gasteiger charge is -2.21. The molecule has 11 heteroatoms. The standard InChI is InChI=1S/C21H19F3N6O2/c1-13(32-15-6-4-8-25-11-15)10-26-19-16(21(22,23)24)12-27-20(28-19)29-30-17-7-3-2-5-14(17)9-18(30)31/h2-8,11-13H,9-10H2,1H3,(H2,26,27,28,29). The Balaban J connectivity index is 1.52. The molecule has 0 radical (unpaired) electrons. The number of pyridine rings is 1. The number of carbonyl (C=O) groups excluding carboxylic acids is 1. The van der Waals surface area contributed by atoms with Gasteiger partial charge in [0.25, 0.3) is 0 Å². The van der Waals surface area contributed by atoms with Crippen LogP contribution in [0, 0.1) is 0 Å². The number of alkyl halides is 3. The monoisotopic (exact) mass is 444 g/mol. The van der Waals surface area contributed by atoms with Crippen molar-refractivity contribution in [1.82, 2.24) is 15.0 Å². The first kappa shape index (κ1) is 21.3. The number of rotatable bonds is 7. The molecule has 2 N–H and O–H groups in total. The number of fused-ring (bicyclic) bond motifs is 1. The molecule has 2 aromatic heterocycles. The maximum Gasteiger partial charge on any atom is 0.421 e. The molecular weight excluding hydrogens is 425 g/mol. The van der Waals surface area contributed by atoms with Crippen LogP contribution >= 0.6 is 0 Å². The molecule has 1 atom stereocenters. The van der Waals surface area contributed by atoms with Gasteiger partial charge in [0.05, 0.1) is 24.8 Å². The molecule has 32 heavy (non-hydrogen) atoms. The molecule has 1 aliphatic heterocycles. The predicted molar refractivity (Wildman–Crippen MR) is 111 cm³/mol. The zero-order chi connectivity index (χ0) is 22.7. The average Bonchev–Trinajstić information content (AvgIpc) is 3.07. The molecular formula is C21H19F3N6O2. The number of para-hydroxylation sites is 1. The lowest BCUT2D eigenvalue weighted by atomic mass is 10.2. The molecule has 3 aromatic rings. The van der Waals surface area contributed by atoms with E-state index in [1.54, 1.807) is 49.5 Å². The van der Waals surface area contributed by atoms with Crippen LogP contribution in [0.3, 0.4) is 0 Å². The zero-order valence-corrected chi connectivity index (χ0v) is 16.9. The smallest absolute Gasteiger partial charge is 0.421 e. The molecule has 0 saturated heterocycles. The number of halogens is 3. The molecule has 8 nitrogen and oxygen atoms in total. The van der Waals surface area contributed by atoms with Crippen molar-refractivity contribution in [2.24, 2.45) is 0 Å². The number of carbonyl (C=O) groups is 1. The summed E-state index contributed by atoms with van der Waals surface area (Å²) in [6, 6.07) is 10.5. The van der Waals surface area contributed by atoms with Gasteiger partial charge in [0.15, 0.2) is 0 Å². The summed E-state index contributed by atoms with van der Waals surface area (Å²) in [4.78, 5) is 24.0. The van der Waals surface area contributed by atoms with E-state index in [1.807, 2.05) is 0 Å². The van der Waals surface area contributed by atoms with Gasteiger partial charge in [-0.05, 0) is 30.7 Å². The van der Waals surface area contributed by atoms with E-state index in [0.717, 1.165) is 5.56 Å². The Morgan fingerprint density at radius 3 is 2.75 bits per heavy atom. The SMILES string of the molecule is CC(CNc1nc(NN2C(=O)Cc3ccccc32)ncc1C(F)(F)F)Oc1cccnc1. The van der Waals surface area contributed by atoms with Gasteiger partial charge < -0.3 is 10.1 Å². The van der Waals surface area contributed by atoms with Gasteiger partial charge in [-0.1, -0.05) is 18.2 Å². The van der Waals surface area contributed by atoms with Crippen molar-refractivity contribution in [3.8, 4) is 5.75 Å². The minimum Gasteiger partial charge on any atom is -0.487 e. The van der Waals surface area contributed by atoms with E-state index >= 15 is 0 Å². The molecule has 1 aromatic carbocycles.